The molecular weight excluding hydrogens is 547 g/mol. The van der Waals surface area contributed by atoms with Crippen LogP contribution in [-0.4, -0.2) is 35.8 Å². The Kier molecular flexibility index (Phi) is 9.78. The van der Waals surface area contributed by atoms with Gasteiger partial charge in [-0.25, -0.2) is 0 Å². The maximum atomic E-state index is 14.5. The molecular formula is C25H29F13. The molecule has 1 aliphatic rings. The average Bonchev–Trinajstić information content (AvgIpc) is 2.83. The van der Waals surface area contributed by atoms with Crippen LogP contribution < -0.4 is 0 Å². The molecule has 1 aliphatic carbocycles. The maximum Gasteiger partial charge on any atom is 0.460 e. The van der Waals surface area contributed by atoms with Gasteiger partial charge in [0.25, 0.3) is 0 Å². The monoisotopic (exact) mass is 576 g/mol. The lowest BCUT2D eigenvalue weighted by atomic mass is 9.74. The predicted octanol–water partition coefficient (Wildman–Crippen LogP) is 10.2. The lowest BCUT2D eigenvalue weighted by Crippen LogP contribution is -2.71. The molecule has 0 aliphatic heterocycles. The van der Waals surface area contributed by atoms with Crippen LogP contribution in [0.15, 0.2) is 24.3 Å². The highest BCUT2D eigenvalue weighted by molar-refractivity contribution is 5.26. The third kappa shape index (κ3) is 5.90. The standard InChI is InChI=1S/C25H29F13/c1-2-3-4-5-6-7-16-8-10-17(11-9-16)18-12-14-19(15-13-18)20(26,27)21(28,29)22(30,31)23(32,33)24(34,35)25(36,37)38/h8-11,18-19H,2-7,12-15H2,1H3/t18-,19-. The fourth-order valence-corrected chi connectivity index (χ4v) is 4.72. The fourth-order valence-electron chi connectivity index (χ4n) is 4.72. The molecule has 0 atom stereocenters. The molecule has 0 amide bonds. The molecule has 0 saturated heterocycles. The lowest BCUT2D eigenvalue weighted by molar-refractivity contribution is -0.443. The summed E-state index contributed by atoms with van der Waals surface area (Å²) in [6.07, 6.45) is -3.40. The summed E-state index contributed by atoms with van der Waals surface area (Å²) in [4.78, 5) is 0. The number of unbranched alkanes of at least 4 members (excludes halogenated alkanes) is 4. The van der Waals surface area contributed by atoms with Crippen LogP contribution in [0, 0.1) is 5.92 Å². The number of halogens is 13. The van der Waals surface area contributed by atoms with Crippen molar-refractivity contribution in [3.63, 3.8) is 0 Å². The van der Waals surface area contributed by atoms with Crippen LogP contribution in [0.3, 0.4) is 0 Å². The molecule has 220 valence electrons. The molecule has 38 heavy (non-hydrogen) atoms. The fraction of sp³-hybridized carbons (Fsp3) is 0.760. The van der Waals surface area contributed by atoms with E-state index in [0.717, 1.165) is 44.1 Å². The summed E-state index contributed by atoms with van der Waals surface area (Å²) in [5.41, 5.74) is 1.68. The third-order valence-corrected chi connectivity index (χ3v) is 7.22. The van der Waals surface area contributed by atoms with Crippen LogP contribution in [0.25, 0.3) is 0 Å². The van der Waals surface area contributed by atoms with E-state index in [4.69, 9.17) is 0 Å². The Morgan fingerprint density at radius 2 is 1.05 bits per heavy atom. The van der Waals surface area contributed by atoms with Crippen LogP contribution in [0.1, 0.15) is 81.8 Å². The topological polar surface area (TPSA) is 0 Å². The van der Waals surface area contributed by atoms with Gasteiger partial charge in [0.15, 0.2) is 0 Å². The minimum absolute atomic E-state index is 0.229. The number of rotatable bonds is 12. The van der Waals surface area contributed by atoms with E-state index in [1.54, 1.807) is 12.1 Å². The van der Waals surface area contributed by atoms with Gasteiger partial charge >= 0.3 is 35.8 Å². The van der Waals surface area contributed by atoms with E-state index in [-0.39, 0.29) is 12.8 Å². The van der Waals surface area contributed by atoms with E-state index < -0.39 is 60.5 Å². The van der Waals surface area contributed by atoms with E-state index in [2.05, 4.69) is 6.92 Å². The predicted molar refractivity (Wildman–Crippen MR) is 114 cm³/mol. The Bertz CT molecular complexity index is 880. The Hall–Kier alpha value is -1.69. The van der Waals surface area contributed by atoms with Crippen LogP contribution in [0.5, 0.6) is 0 Å². The smallest absolute Gasteiger partial charge is 0.199 e. The number of hydrogen-bond acceptors (Lipinski definition) is 0. The van der Waals surface area contributed by atoms with Crippen molar-refractivity contribution in [2.75, 3.05) is 0 Å². The first kappa shape index (κ1) is 32.5. The van der Waals surface area contributed by atoms with Gasteiger partial charge in [0.1, 0.15) is 0 Å². The van der Waals surface area contributed by atoms with Crippen molar-refractivity contribution in [2.45, 2.75) is 113 Å². The van der Waals surface area contributed by atoms with Gasteiger partial charge in [-0.1, -0.05) is 56.9 Å². The van der Waals surface area contributed by atoms with Crippen LogP contribution in [-0.2, 0) is 6.42 Å². The molecule has 1 fully saturated rings. The van der Waals surface area contributed by atoms with Gasteiger partial charge in [-0.3, -0.25) is 0 Å². The quantitative estimate of drug-likeness (QED) is 0.172. The number of alkyl halides is 13. The van der Waals surface area contributed by atoms with Crippen LogP contribution in [0.4, 0.5) is 57.1 Å². The largest absolute Gasteiger partial charge is 0.460 e. The maximum absolute atomic E-state index is 14.5. The van der Waals surface area contributed by atoms with Crippen molar-refractivity contribution in [1.82, 2.24) is 0 Å². The third-order valence-electron chi connectivity index (χ3n) is 7.22. The van der Waals surface area contributed by atoms with Gasteiger partial charge in [0.2, 0.25) is 0 Å². The summed E-state index contributed by atoms with van der Waals surface area (Å²) in [6, 6.07) is 7.06. The highest BCUT2D eigenvalue weighted by atomic mass is 19.4. The SMILES string of the molecule is CCCCCCCc1ccc([C@H]2CC[C@H](C(F)(F)C(F)(F)C(F)(F)C(F)(F)C(F)(F)C(F)(F)F)CC2)cc1. The number of hydrogen-bond donors (Lipinski definition) is 0. The zero-order valence-electron chi connectivity index (χ0n) is 20.4. The molecule has 13 heteroatoms. The Labute approximate surface area is 212 Å². The second kappa shape index (κ2) is 11.4. The van der Waals surface area contributed by atoms with Gasteiger partial charge in [0, 0.05) is 5.92 Å². The Morgan fingerprint density at radius 3 is 1.53 bits per heavy atom. The van der Waals surface area contributed by atoms with Gasteiger partial charge in [-0.2, -0.15) is 57.1 Å². The summed E-state index contributed by atoms with van der Waals surface area (Å²) in [7, 11) is 0. The second-order valence-electron chi connectivity index (χ2n) is 9.87. The van der Waals surface area contributed by atoms with Gasteiger partial charge < -0.3 is 0 Å². The van der Waals surface area contributed by atoms with Crippen LogP contribution in [0.2, 0.25) is 0 Å². The summed E-state index contributed by atoms with van der Waals surface area (Å²) >= 11 is 0. The molecule has 1 saturated carbocycles. The first-order valence-corrected chi connectivity index (χ1v) is 12.3. The Balaban J connectivity index is 2.10. The van der Waals surface area contributed by atoms with Gasteiger partial charge in [-0.15, -0.1) is 0 Å². The molecule has 2 rings (SSSR count). The zero-order valence-corrected chi connectivity index (χ0v) is 20.4. The molecule has 1 aromatic rings. The average molecular weight is 576 g/mol. The van der Waals surface area contributed by atoms with Gasteiger partial charge in [-0.05, 0) is 55.6 Å². The van der Waals surface area contributed by atoms with E-state index in [1.807, 2.05) is 12.1 Å². The van der Waals surface area contributed by atoms with Crippen molar-refractivity contribution in [2.24, 2.45) is 5.92 Å². The van der Waals surface area contributed by atoms with Crippen molar-refractivity contribution in [3.8, 4) is 0 Å². The summed E-state index contributed by atoms with van der Waals surface area (Å²) in [5, 5.41) is 0. The summed E-state index contributed by atoms with van der Waals surface area (Å²) in [5.74, 6) is -39.5. The number of aryl methyl sites for hydroxylation is 1. The second-order valence-corrected chi connectivity index (χ2v) is 9.87. The zero-order chi connectivity index (χ0) is 29.2. The lowest BCUT2D eigenvalue weighted by Gasteiger charge is -2.43. The summed E-state index contributed by atoms with van der Waals surface area (Å²) in [6.45, 7) is 2.09. The van der Waals surface area contributed by atoms with E-state index in [0.29, 0.717) is 5.56 Å². The first-order chi connectivity index (χ1) is 17.3. The van der Waals surface area contributed by atoms with E-state index >= 15 is 0 Å². The molecule has 0 radical (unpaired) electrons. The first-order valence-electron chi connectivity index (χ1n) is 12.3. The number of benzene rings is 1. The molecule has 0 aromatic heterocycles. The van der Waals surface area contributed by atoms with E-state index in [1.165, 1.54) is 0 Å². The van der Waals surface area contributed by atoms with Gasteiger partial charge in [0.05, 0.1) is 0 Å². The van der Waals surface area contributed by atoms with Crippen molar-refractivity contribution >= 4 is 0 Å². The summed E-state index contributed by atoms with van der Waals surface area (Å²) < 4.78 is 175. The molecule has 1 aromatic carbocycles. The normalized spacial score (nSPS) is 20.6. The van der Waals surface area contributed by atoms with E-state index in [9.17, 15) is 57.1 Å². The highest BCUT2D eigenvalue weighted by Crippen LogP contribution is 2.62. The highest BCUT2D eigenvalue weighted by Gasteiger charge is 2.91. The Morgan fingerprint density at radius 1 is 0.579 bits per heavy atom. The molecule has 0 spiro atoms. The molecule has 0 heterocycles. The van der Waals surface area contributed by atoms with Crippen molar-refractivity contribution < 1.29 is 57.1 Å². The van der Waals surface area contributed by atoms with Crippen molar-refractivity contribution in [1.29, 1.82) is 0 Å². The minimum Gasteiger partial charge on any atom is -0.199 e. The van der Waals surface area contributed by atoms with Crippen LogP contribution >= 0.6 is 0 Å². The molecule has 0 nitrogen and oxygen atoms in total. The molecule has 0 bridgehead atoms. The van der Waals surface area contributed by atoms with Crippen molar-refractivity contribution in [3.05, 3.63) is 35.4 Å². The molecule has 0 N–H and O–H groups in total. The minimum atomic E-state index is -7.85. The molecule has 0 unspecified atom stereocenters.